The minimum absolute atomic E-state index is 0.351. The first-order valence-corrected chi connectivity index (χ1v) is 15.9. The summed E-state index contributed by atoms with van der Waals surface area (Å²) in [4.78, 5) is 3.71. The number of hydrogen-bond donors (Lipinski definition) is 0. The summed E-state index contributed by atoms with van der Waals surface area (Å²) in [5.41, 5.74) is 11.3. The molecule has 0 aliphatic heterocycles. The molecule has 2 heterocycles. The second-order valence-electron chi connectivity index (χ2n) is 11.9. The van der Waals surface area contributed by atoms with Crippen molar-refractivity contribution in [3.05, 3.63) is 175 Å². The highest BCUT2D eigenvalue weighted by Gasteiger charge is 2.21. The Bertz CT molecular complexity index is 2790. The van der Waals surface area contributed by atoms with E-state index in [0.29, 0.717) is 11.3 Å². The van der Waals surface area contributed by atoms with Crippen LogP contribution >= 0.6 is 0 Å². The van der Waals surface area contributed by atoms with Crippen LogP contribution < -0.4 is 0 Å². The SMILES string of the molecule is [C-]#[N+]c1cc(-c2ccccc2)c(-n2c3ccccc3c3c(-c4ccc5c6ccccc6n(-c6ccccc6)c5c4)cccc32)cc1C#N. The molecular formula is C44H26N4. The van der Waals surface area contributed by atoms with E-state index in [1.165, 1.54) is 16.3 Å². The van der Waals surface area contributed by atoms with Crippen molar-refractivity contribution >= 4 is 49.3 Å². The van der Waals surface area contributed by atoms with Gasteiger partial charge in [-0.2, -0.15) is 5.26 Å². The second-order valence-corrected chi connectivity index (χ2v) is 11.9. The van der Waals surface area contributed by atoms with E-state index in [-0.39, 0.29) is 0 Å². The van der Waals surface area contributed by atoms with Crippen LogP contribution in [-0.2, 0) is 0 Å². The Morgan fingerprint density at radius 2 is 1.15 bits per heavy atom. The number of nitrogens with zero attached hydrogens (tertiary/aromatic N) is 4. The zero-order valence-corrected chi connectivity index (χ0v) is 25.8. The molecule has 48 heavy (non-hydrogen) atoms. The van der Waals surface area contributed by atoms with Crippen LogP contribution in [0.1, 0.15) is 5.56 Å². The fourth-order valence-electron chi connectivity index (χ4n) is 7.31. The van der Waals surface area contributed by atoms with Gasteiger partial charge in [0.25, 0.3) is 0 Å². The van der Waals surface area contributed by atoms with E-state index in [2.05, 4.69) is 147 Å². The maximum atomic E-state index is 10.1. The van der Waals surface area contributed by atoms with Gasteiger partial charge in [0.2, 0.25) is 5.69 Å². The molecular weight excluding hydrogens is 585 g/mol. The number of rotatable bonds is 4. The van der Waals surface area contributed by atoms with Gasteiger partial charge >= 0.3 is 0 Å². The summed E-state index contributed by atoms with van der Waals surface area (Å²) >= 11 is 0. The van der Waals surface area contributed by atoms with Crippen LogP contribution in [0.2, 0.25) is 0 Å². The molecule has 0 bridgehead atoms. The fraction of sp³-hybridized carbons (Fsp3) is 0. The first-order valence-electron chi connectivity index (χ1n) is 15.9. The Labute approximate surface area is 277 Å². The predicted octanol–water partition coefficient (Wildman–Crippen LogP) is 11.6. The van der Waals surface area contributed by atoms with E-state index < -0.39 is 0 Å². The van der Waals surface area contributed by atoms with Gasteiger partial charge in [0, 0.05) is 27.2 Å². The van der Waals surface area contributed by atoms with E-state index in [1.807, 2.05) is 30.3 Å². The number of nitriles is 1. The smallest absolute Gasteiger partial charge is 0.205 e. The van der Waals surface area contributed by atoms with E-state index in [1.54, 1.807) is 0 Å². The minimum atomic E-state index is 0.351. The highest BCUT2D eigenvalue weighted by atomic mass is 15.0. The largest absolute Gasteiger partial charge is 0.309 e. The van der Waals surface area contributed by atoms with E-state index in [0.717, 1.165) is 61.0 Å². The summed E-state index contributed by atoms with van der Waals surface area (Å²) in [6.07, 6.45) is 0. The van der Waals surface area contributed by atoms with Crippen LogP contribution in [-0.4, -0.2) is 9.13 Å². The molecule has 0 unspecified atom stereocenters. The van der Waals surface area contributed by atoms with Crippen molar-refractivity contribution in [3.8, 4) is 39.7 Å². The van der Waals surface area contributed by atoms with Crippen molar-refractivity contribution in [3.63, 3.8) is 0 Å². The minimum Gasteiger partial charge on any atom is -0.309 e. The molecule has 0 aliphatic rings. The molecule has 4 heteroatoms. The lowest BCUT2D eigenvalue weighted by Crippen LogP contribution is -1.98. The summed E-state index contributed by atoms with van der Waals surface area (Å²) in [6.45, 7) is 7.81. The van der Waals surface area contributed by atoms with Crippen molar-refractivity contribution in [1.29, 1.82) is 5.26 Å². The molecule has 0 spiro atoms. The molecule has 4 nitrogen and oxygen atoms in total. The molecule has 0 fully saturated rings. The Balaban J connectivity index is 1.36. The predicted molar refractivity (Wildman–Crippen MR) is 197 cm³/mol. The highest BCUT2D eigenvalue weighted by molar-refractivity contribution is 6.17. The normalized spacial score (nSPS) is 11.3. The molecule has 0 aliphatic carbocycles. The number of para-hydroxylation sites is 3. The van der Waals surface area contributed by atoms with E-state index in [4.69, 9.17) is 6.57 Å². The third-order valence-corrected chi connectivity index (χ3v) is 9.38. The van der Waals surface area contributed by atoms with Crippen molar-refractivity contribution in [2.45, 2.75) is 0 Å². The van der Waals surface area contributed by atoms with Crippen LogP contribution in [0.25, 0.3) is 82.1 Å². The maximum absolute atomic E-state index is 10.1. The first kappa shape index (κ1) is 27.4. The average Bonchev–Trinajstić information content (AvgIpc) is 3.67. The summed E-state index contributed by atoms with van der Waals surface area (Å²) in [6, 6.07) is 57.0. The van der Waals surface area contributed by atoms with Gasteiger partial charge in [0.1, 0.15) is 0 Å². The van der Waals surface area contributed by atoms with Gasteiger partial charge in [-0.3, -0.25) is 0 Å². The maximum Gasteiger partial charge on any atom is 0.205 e. The molecule has 0 N–H and O–H groups in total. The topological polar surface area (TPSA) is 38.0 Å². The first-order chi connectivity index (χ1) is 23.7. The summed E-state index contributed by atoms with van der Waals surface area (Å²) in [5, 5.41) is 14.8. The number of hydrogen-bond acceptors (Lipinski definition) is 1. The summed E-state index contributed by atoms with van der Waals surface area (Å²) in [5.74, 6) is 0. The van der Waals surface area contributed by atoms with Crippen molar-refractivity contribution in [2.75, 3.05) is 0 Å². The van der Waals surface area contributed by atoms with Gasteiger partial charge in [0.05, 0.1) is 46.0 Å². The fourth-order valence-corrected chi connectivity index (χ4v) is 7.31. The van der Waals surface area contributed by atoms with Crippen LogP contribution in [0.3, 0.4) is 0 Å². The molecule has 0 atom stereocenters. The lowest BCUT2D eigenvalue weighted by atomic mass is 9.98. The Morgan fingerprint density at radius 1 is 0.500 bits per heavy atom. The summed E-state index contributed by atoms with van der Waals surface area (Å²) < 4.78 is 4.61. The number of aromatic nitrogens is 2. The highest BCUT2D eigenvalue weighted by Crippen LogP contribution is 2.43. The zero-order valence-electron chi connectivity index (χ0n) is 25.8. The van der Waals surface area contributed by atoms with Gasteiger partial charge in [-0.1, -0.05) is 109 Å². The quantitative estimate of drug-likeness (QED) is 0.183. The molecule has 0 radical (unpaired) electrons. The Kier molecular flexibility index (Phi) is 6.22. The van der Waals surface area contributed by atoms with E-state index in [9.17, 15) is 5.26 Å². The molecule has 0 saturated carbocycles. The summed E-state index contributed by atoms with van der Waals surface area (Å²) in [7, 11) is 0. The number of benzene rings is 7. The molecule has 0 amide bonds. The van der Waals surface area contributed by atoms with Gasteiger partial charge in [-0.25, -0.2) is 4.85 Å². The van der Waals surface area contributed by atoms with Gasteiger partial charge in [-0.15, -0.1) is 0 Å². The molecule has 9 aromatic rings. The standard InChI is InChI=1S/C44H26N4/c1-46-38-27-37(29-13-4-2-5-14-29)43(26-31(38)28-45)48-40-21-11-9-18-36(40)44-33(19-12-22-41(44)48)30-23-24-35-34-17-8-10-20-39(34)47(42(35)25-30)32-15-6-3-7-16-32/h2-27H. The zero-order chi connectivity index (χ0) is 32.2. The van der Waals surface area contributed by atoms with Gasteiger partial charge in [-0.05, 0) is 70.8 Å². The second kappa shape index (κ2) is 10.9. The monoisotopic (exact) mass is 610 g/mol. The van der Waals surface area contributed by atoms with Gasteiger partial charge < -0.3 is 9.13 Å². The Morgan fingerprint density at radius 3 is 1.90 bits per heavy atom. The molecule has 7 aromatic carbocycles. The lowest BCUT2D eigenvalue weighted by molar-refractivity contribution is 1.18. The van der Waals surface area contributed by atoms with Crippen molar-refractivity contribution in [1.82, 2.24) is 9.13 Å². The van der Waals surface area contributed by atoms with Crippen LogP contribution in [0, 0.1) is 17.9 Å². The van der Waals surface area contributed by atoms with Crippen molar-refractivity contribution in [2.24, 2.45) is 0 Å². The van der Waals surface area contributed by atoms with Crippen LogP contribution in [0.15, 0.2) is 158 Å². The van der Waals surface area contributed by atoms with Gasteiger partial charge in [0.15, 0.2) is 0 Å². The average molecular weight is 611 g/mol. The van der Waals surface area contributed by atoms with E-state index >= 15 is 0 Å². The molecule has 2 aromatic heterocycles. The Hall–Kier alpha value is -6.88. The third-order valence-electron chi connectivity index (χ3n) is 9.38. The van der Waals surface area contributed by atoms with Crippen molar-refractivity contribution < 1.29 is 0 Å². The molecule has 222 valence electrons. The number of fused-ring (bicyclic) bond motifs is 6. The van der Waals surface area contributed by atoms with Crippen LogP contribution in [0.4, 0.5) is 5.69 Å². The third kappa shape index (κ3) is 4.07. The molecule has 0 saturated heterocycles. The lowest BCUT2D eigenvalue weighted by Gasteiger charge is -2.16. The molecule has 9 rings (SSSR count). The van der Waals surface area contributed by atoms with Crippen LogP contribution in [0.5, 0.6) is 0 Å².